The number of carbonyl (C=O) groups is 1. The van der Waals surface area contributed by atoms with Crippen molar-refractivity contribution in [3.8, 4) is 84.8 Å². The molecule has 2 radical (unpaired) electrons. The van der Waals surface area contributed by atoms with Crippen LogP contribution in [0.15, 0.2) is 393 Å². The van der Waals surface area contributed by atoms with Gasteiger partial charge in [-0.1, -0.05) is 79.4 Å². The molecule has 21 rings (SSSR count). The second kappa shape index (κ2) is 43.6. The minimum atomic E-state index is -0.125. The Morgan fingerprint density at radius 2 is 0.606 bits per heavy atom. The zero-order valence-corrected chi connectivity index (χ0v) is 78.5. The van der Waals surface area contributed by atoms with E-state index in [0.717, 1.165) is 138 Å². The normalized spacial score (nSPS) is 11.9. The summed E-state index contributed by atoms with van der Waals surface area (Å²) >= 11 is 0. The number of allylic oxidation sites excluding steroid dienone is 8. The number of pyridine rings is 6. The molecular weight excluding hydrogens is 2000 g/mol. The van der Waals surface area contributed by atoms with Crippen LogP contribution in [0.25, 0.3) is 133 Å². The first-order chi connectivity index (χ1) is 63.1. The minimum absolute atomic E-state index is 0. The summed E-state index contributed by atoms with van der Waals surface area (Å²) in [5.41, 5.74) is 25.3. The van der Waals surface area contributed by atoms with Crippen LogP contribution in [0.2, 0.25) is 0 Å². The predicted octanol–water partition coefficient (Wildman–Crippen LogP) is 25.8. The van der Waals surface area contributed by atoms with E-state index in [1.54, 1.807) is 91.4 Å². The van der Waals surface area contributed by atoms with Gasteiger partial charge in [0, 0.05) is 106 Å². The maximum atomic E-state index is 12.7. The number of aliphatic hydroxyl groups excluding tert-OH is 1. The Hall–Kier alpha value is -15.4. The summed E-state index contributed by atoms with van der Waals surface area (Å²) < 4.78 is 34.6. The molecule has 0 bridgehead atoms. The van der Waals surface area contributed by atoms with Crippen LogP contribution in [-0.2, 0) is 64.3 Å². The van der Waals surface area contributed by atoms with Crippen molar-refractivity contribution >= 4 is 71.6 Å². The van der Waals surface area contributed by atoms with Crippen LogP contribution in [0, 0.1) is 53.7 Å². The zero-order valence-electron chi connectivity index (χ0n) is 73.7. The van der Waals surface area contributed by atoms with Gasteiger partial charge in [-0.05, 0) is 342 Å². The number of fused-ring (bicyclic) bond motifs is 9. The third-order valence-corrected chi connectivity index (χ3v) is 21.3. The second-order valence-electron chi connectivity index (χ2n) is 31.3. The standard InChI is InChI=1S/C19H13NO2.2C19H12NO2.3C17H15NO.C5H8O2.2Ir/c3*1-12-8-9-20-16(10-12)13-6-7-18-15(11-13)19(21)14-4-2-3-5-17(14)22-18;3*1-3-15-6-4-14-11-13(5-7-17(14)19-15)16-10-12(2)8-9-18-16;1-4(6)3-5(2)7;;/h2-11H,1H3;2*2-5,7-11H,1H3;3*3,5-11H,1,4H2,2H3;3,6H,1-2H3;;/q;2*-1;;;;;;. The summed E-state index contributed by atoms with van der Waals surface area (Å²) in [6.07, 6.45) is 25.9. The summed E-state index contributed by atoms with van der Waals surface area (Å²) in [4.78, 5) is 74.3. The van der Waals surface area contributed by atoms with Crippen LogP contribution in [0.4, 0.5) is 0 Å². The van der Waals surface area contributed by atoms with E-state index in [1.807, 2.05) is 209 Å². The van der Waals surface area contributed by atoms with Crippen LogP contribution in [0.1, 0.15) is 63.9 Å². The number of nitrogens with zero attached hydrogens (tertiary/aromatic N) is 6. The first-order valence-corrected chi connectivity index (χ1v) is 42.1. The number of hydrogen-bond acceptors (Lipinski definition) is 17. The van der Waals surface area contributed by atoms with E-state index < -0.39 is 0 Å². The number of ketones is 1. The third-order valence-electron chi connectivity index (χ3n) is 21.3. The molecule has 0 unspecified atom stereocenters. The summed E-state index contributed by atoms with van der Waals surface area (Å²) in [6, 6.07) is 83.5. The molecule has 9 aromatic carbocycles. The SMILES string of the molecule is C=CC1=CCc2cc(-c3cc(C)ccn3)ccc2O1.C=CC1=CCc2cc(-c3cc(C)ccn3)ccc2O1.C=CC1=CCc2cc(-c3cc(C)ccn3)ccc2O1.CC(=O)C=C(C)O.Cc1ccnc(-c2[c-]cc3oc4ccccc4c(=O)c3c2)c1.Cc1ccnc(-c2[c-]cc3oc4ccccc4c(=O)c3c2)c1.Cc1ccnc(-c2ccc3oc4ccccc4c(=O)c3c2)c1.[Ir].[Ir]. The quantitative estimate of drug-likeness (QED) is 0.0580. The Morgan fingerprint density at radius 3 is 0.902 bits per heavy atom. The molecule has 17 nitrogen and oxygen atoms in total. The van der Waals surface area contributed by atoms with Crippen molar-refractivity contribution in [2.75, 3.05) is 0 Å². The number of benzene rings is 9. The van der Waals surface area contributed by atoms with Gasteiger partial charge < -0.3 is 42.5 Å². The second-order valence-corrected chi connectivity index (χ2v) is 31.3. The predicted molar refractivity (Wildman–Crippen MR) is 520 cm³/mol. The Labute approximate surface area is 790 Å². The Bertz CT molecular complexity index is 7060. The van der Waals surface area contributed by atoms with Gasteiger partial charge in [-0.15, -0.1) is 47.5 Å². The Kier molecular flexibility index (Phi) is 31.2. The maximum absolute atomic E-state index is 12.7. The third kappa shape index (κ3) is 23.2. The molecule has 132 heavy (non-hydrogen) atoms. The van der Waals surface area contributed by atoms with Crippen molar-refractivity contribution in [2.45, 2.75) is 74.7 Å². The molecular formula is C113H90Ir2N6O11-2. The van der Waals surface area contributed by atoms with Crippen molar-refractivity contribution in [1.29, 1.82) is 0 Å². The van der Waals surface area contributed by atoms with Gasteiger partial charge in [0.15, 0.2) is 16.6 Å². The van der Waals surface area contributed by atoms with Gasteiger partial charge in [0.1, 0.15) is 56.9 Å². The largest absolute Gasteiger partial charge is 0.512 e. The number of aliphatic hydroxyl groups is 1. The average Bonchev–Trinajstić information content (AvgIpc) is 0.770. The summed E-state index contributed by atoms with van der Waals surface area (Å²) in [5, 5.41) is 11.8. The van der Waals surface area contributed by atoms with E-state index in [-0.39, 0.29) is 68.0 Å². The summed E-state index contributed by atoms with van der Waals surface area (Å²) in [7, 11) is 0. The van der Waals surface area contributed by atoms with Gasteiger partial charge in [-0.3, -0.25) is 39.1 Å². The molecule has 0 fully saturated rings. The molecule has 19 heteroatoms. The van der Waals surface area contributed by atoms with Crippen LogP contribution in [0.3, 0.4) is 0 Å². The van der Waals surface area contributed by atoms with E-state index in [1.165, 1.54) is 53.3 Å². The number of rotatable bonds is 10. The van der Waals surface area contributed by atoms with Gasteiger partial charge in [0.25, 0.3) is 0 Å². The molecule has 3 aliphatic rings. The van der Waals surface area contributed by atoms with Crippen LogP contribution in [0.5, 0.6) is 17.2 Å². The van der Waals surface area contributed by atoms with E-state index in [9.17, 15) is 19.2 Å². The van der Waals surface area contributed by atoms with E-state index in [2.05, 4.69) is 119 Å². The molecule has 3 aliphatic heterocycles. The van der Waals surface area contributed by atoms with Crippen LogP contribution < -0.4 is 30.5 Å². The number of aromatic nitrogens is 6. The van der Waals surface area contributed by atoms with Crippen molar-refractivity contribution < 1.29 is 77.6 Å². The molecule has 0 aliphatic carbocycles. The fraction of sp³-hybridized carbons (Fsp3) is 0.0973. The topological polar surface area (TPSA) is 233 Å². The monoisotopic (exact) mass is 2090 g/mol. The van der Waals surface area contributed by atoms with Gasteiger partial charge in [0.2, 0.25) is 5.43 Å². The van der Waals surface area contributed by atoms with Crippen LogP contribution >= 0.6 is 0 Å². The van der Waals surface area contributed by atoms with Gasteiger partial charge in [0.05, 0.1) is 61.2 Å². The van der Waals surface area contributed by atoms with Crippen LogP contribution in [-0.4, -0.2) is 40.8 Å². The number of aryl methyl sites for hydroxylation is 6. The fourth-order valence-electron chi connectivity index (χ4n) is 14.7. The summed E-state index contributed by atoms with van der Waals surface area (Å²) in [5.74, 6) is 5.15. The van der Waals surface area contributed by atoms with E-state index in [0.29, 0.717) is 65.8 Å². The smallest absolute Gasteiger partial charge is 0.200 e. The maximum Gasteiger partial charge on any atom is 0.200 e. The van der Waals surface area contributed by atoms with E-state index >= 15 is 0 Å². The zero-order chi connectivity index (χ0) is 90.9. The molecule has 9 aromatic heterocycles. The molecule has 0 amide bonds. The van der Waals surface area contributed by atoms with Crippen molar-refractivity contribution in [3.05, 3.63) is 458 Å². The number of para-hydroxylation sites is 3. The molecule has 0 saturated heterocycles. The van der Waals surface area contributed by atoms with Crippen molar-refractivity contribution in [2.24, 2.45) is 0 Å². The van der Waals surface area contributed by atoms with E-state index in [4.69, 9.17) is 32.6 Å². The van der Waals surface area contributed by atoms with Gasteiger partial charge >= 0.3 is 0 Å². The molecule has 0 atom stereocenters. The Balaban J connectivity index is 0.000000132. The molecule has 18 aromatic rings. The molecule has 1 N–H and O–H groups in total. The summed E-state index contributed by atoms with van der Waals surface area (Å²) in [6.45, 7) is 26.3. The van der Waals surface area contributed by atoms with Crippen molar-refractivity contribution in [3.63, 3.8) is 0 Å². The molecule has 0 spiro atoms. The minimum Gasteiger partial charge on any atom is -0.512 e. The van der Waals surface area contributed by atoms with Crippen molar-refractivity contribution in [1.82, 2.24) is 29.9 Å². The Morgan fingerprint density at radius 1 is 0.333 bits per heavy atom. The average molecular weight is 2090 g/mol. The fourth-order valence-corrected chi connectivity index (χ4v) is 14.7. The first kappa shape index (κ1) is 94.3. The number of ether oxygens (including phenoxy) is 3. The van der Waals surface area contributed by atoms with Gasteiger partial charge in [-0.2, -0.15) is 0 Å². The number of hydrogen-bond donors (Lipinski definition) is 1. The molecule has 0 saturated carbocycles. The van der Waals surface area contributed by atoms with Gasteiger partial charge in [-0.25, -0.2) is 0 Å². The molecule has 658 valence electrons. The number of carbonyl (C=O) groups excluding carboxylic acids is 1. The molecule has 12 heterocycles. The first-order valence-electron chi connectivity index (χ1n) is 42.1.